The molecule has 96 valence electrons. The standard InChI is InChI=1S/C14H16O4/c1-18-11-5-6-12-10(8-11)3-2-9(14(12)17)4-7-13(15)16/h5-6,8-9H,2-4,7H2,1H3,(H,15,16). The summed E-state index contributed by atoms with van der Waals surface area (Å²) in [6, 6.07) is 5.44. The summed E-state index contributed by atoms with van der Waals surface area (Å²) in [6.07, 6.45) is 2.02. The molecule has 1 atom stereocenters. The second-order valence-electron chi connectivity index (χ2n) is 4.56. The van der Waals surface area contributed by atoms with Crippen molar-refractivity contribution < 1.29 is 19.4 Å². The lowest BCUT2D eigenvalue weighted by Gasteiger charge is -2.23. The van der Waals surface area contributed by atoms with Crippen LogP contribution in [0.5, 0.6) is 5.75 Å². The number of rotatable bonds is 4. The number of aliphatic carboxylic acids is 1. The Bertz CT molecular complexity index is 479. The number of carboxylic acid groups (broad SMARTS) is 1. The maximum atomic E-state index is 12.2. The van der Waals surface area contributed by atoms with Crippen LogP contribution in [0.1, 0.15) is 35.2 Å². The van der Waals surface area contributed by atoms with Crippen molar-refractivity contribution in [3.8, 4) is 5.75 Å². The topological polar surface area (TPSA) is 63.6 Å². The van der Waals surface area contributed by atoms with Crippen LogP contribution in [-0.2, 0) is 11.2 Å². The van der Waals surface area contributed by atoms with Crippen molar-refractivity contribution in [1.82, 2.24) is 0 Å². The summed E-state index contributed by atoms with van der Waals surface area (Å²) in [5.74, 6) is -0.170. The van der Waals surface area contributed by atoms with Crippen molar-refractivity contribution >= 4 is 11.8 Å². The molecule has 18 heavy (non-hydrogen) atoms. The minimum Gasteiger partial charge on any atom is -0.497 e. The third-order valence-corrected chi connectivity index (χ3v) is 3.42. The van der Waals surface area contributed by atoms with Gasteiger partial charge in [0.1, 0.15) is 5.75 Å². The van der Waals surface area contributed by atoms with E-state index in [1.807, 2.05) is 6.07 Å². The van der Waals surface area contributed by atoms with Crippen LogP contribution in [-0.4, -0.2) is 24.0 Å². The molecular formula is C14H16O4. The van der Waals surface area contributed by atoms with Crippen LogP contribution in [0.4, 0.5) is 0 Å². The Kier molecular flexibility index (Phi) is 3.65. The average Bonchev–Trinajstić information content (AvgIpc) is 2.37. The molecule has 4 heteroatoms. The van der Waals surface area contributed by atoms with Crippen LogP contribution in [0.25, 0.3) is 0 Å². The van der Waals surface area contributed by atoms with E-state index in [1.165, 1.54) is 0 Å². The first-order valence-corrected chi connectivity index (χ1v) is 6.04. The zero-order valence-electron chi connectivity index (χ0n) is 10.3. The fourth-order valence-corrected chi connectivity index (χ4v) is 2.40. The fraction of sp³-hybridized carbons (Fsp3) is 0.429. The van der Waals surface area contributed by atoms with Gasteiger partial charge < -0.3 is 9.84 Å². The number of hydrogen-bond acceptors (Lipinski definition) is 3. The Morgan fingerprint density at radius 3 is 2.94 bits per heavy atom. The maximum Gasteiger partial charge on any atom is 0.303 e. The van der Waals surface area contributed by atoms with Crippen molar-refractivity contribution in [2.75, 3.05) is 7.11 Å². The number of methoxy groups -OCH3 is 1. The number of benzene rings is 1. The van der Waals surface area contributed by atoms with E-state index in [4.69, 9.17) is 9.84 Å². The number of fused-ring (bicyclic) bond motifs is 1. The largest absolute Gasteiger partial charge is 0.497 e. The Morgan fingerprint density at radius 2 is 2.28 bits per heavy atom. The van der Waals surface area contributed by atoms with Gasteiger partial charge in [0, 0.05) is 17.9 Å². The molecule has 0 saturated heterocycles. The number of aryl methyl sites for hydroxylation is 1. The highest BCUT2D eigenvalue weighted by Crippen LogP contribution is 2.30. The van der Waals surface area contributed by atoms with Crippen LogP contribution in [0.15, 0.2) is 18.2 Å². The molecule has 0 heterocycles. The first kappa shape index (κ1) is 12.6. The van der Waals surface area contributed by atoms with E-state index in [2.05, 4.69) is 0 Å². The van der Waals surface area contributed by atoms with E-state index in [0.29, 0.717) is 6.42 Å². The van der Waals surface area contributed by atoms with E-state index in [-0.39, 0.29) is 18.1 Å². The van der Waals surface area contributed by atoms with Gasteiger partial charge >= 0.3 is 5.97 Å². The minimum atomic E-state index is -0.844. The lowest BCUT2D eigenvalue weighted by atomic mass is 9.80. The highest BCUT2D eigenvalue weighted by molar-refractivity contribution is 6.00. The highest BCUT2D eigenvalue weighted by atomic mass is 16.5. The van der Waals surface area contributed by atoms with Gasteiger partial charge in [-0.1, -0.05) is 0 Å². The molecule has 2 rings (SSSR count). The molecule has 4 nitrogen and oxygen atoms in total. The summed E-state index contributed by atoms with van der Waals surface area (Å²) in [4.78, 5) is 22.7. The van der Waals surface area contributed by atoms with E-state index in [1.54, 1.807) is 19.2 Å². The van der Waals surface area contributed by atoms with E-state index in [9.17, 15) is 9.59 Å². The number of carbonyl (C=O) groups is 2. The second-order valence-corrected chi connectivity index (χ2v) is 4.56. The SMILES string of the molecule is COc1ccc2c(c1)CCC(CCC(=O)O)C2=O. The monoisotopic (exact) mass is 248 g/mol. The van der Waals surface area contributed by atoms with Gasteiger partial charge in [-0.15, -0.1) is 0 Å². The van der Waals surface area contributed by atoms with Crippen LogP contribution in [0.3, 0.4) is 0 Å². The molecule has 1 unspecified atom stereocenters. The normalized spacial score (nSPS) is 18.3. The van der Waals surface area contributed by atoms with Gasteiger partial charge in [-0.2, -0.15) is 0 Å². The third kappa shape index (κ3) is 2.53. The number of ketones is 1. The Balaban J connectivity index is 2.15. The molecule has 0 saturated carbocycles. The molecule has 0 bridgehead atoms. The number of carbonyl (C=O) groups excluding carboxylic acids is 1. The molecule has 1 N–H and O–H groups in total. The second kappa shape index (κ2) is 5.21. The predicted octanol–water partition coefficient (Wildman–Crippen LogP) is 2.31. The van der Waals surface area contributed by atoms with Gasteiger partial charge in [-0.3, -0.25) is 9.59 Å². The summed E-state index contributed by atoms with van der Waals surface area (Å²) >= 11 is 0. The van der Waals surface area contributed by atoms with Crippen molar-refractivity contribution in [2.24, 2.45) is 5.92 Å². The Hall–Kier alpha value is -1.84. The number of ether oxygens (including phenoxy) is 1. The number of carboxylic acids is 1. The predicted molar refractivity (Wildman–Crippen MR) is 66.0 cm³/mol. The molecule has 0 fully saturated rings. The summed E-state index contributed by atoms with van der Waals surface area (Å²) in [5.41, 5.74) is 1.73. The van der Waals surface area contributed by atoms with E-state index < -0.39 is 5.97 Å². The number of hydrogen-bond donors (Lipinski definition) is 1. The zero-order chi connectivity index (χ0) is 13.1. The molecule has 0 aromatic heterocycles. The maximum absolute atomic E-state index is 12.2. The lowest BCUT2D eigenvalue weighted by Crippen LogP contribution is -2.23. The average molecular weight is 248 g/mol. The smallest absolute Gasteiger partial charge is 0.303 e. The summed E-state index contributed by atoms with van der Waals surface area (Å²) in [6.45, 7) is 0. The van der Waals surface area contributed by atoms with E-state index in [0.717, 1.165) is 29.7 Å². The summed E-state index contributed by atoms with van der Waals surface area (Å²) in [7, 11) is 1.60. The van der Waals surface area contributed by atoms with Crippen LogP contribution >= 0.6 is 0 Å². The van der Waals surface area contributed by atoms with Crippen LogP contribution in [0, 0.1) is 5.92 Å². The molecule has 1 aromatic carbocycles. The quantitative estimate of drug-likeness (QED) is 0.888. The number of Topliss-reactive ketones (excluding diaryl/α,β-unsaturated/α-hetero) is 1. The molecular weight excluding hydrogens is 232 g/mol. The van der Waals surface area contributed by atoms with Crippen molar-refractivity contribution in [3.63, 3.8) is 0 Å². The van der Waals surface area contributed by atoms with Gasteiger partial charge in [0.2, 0.25) is 0 Å². The summed E-state index contributed by atoms with van der Waals surface area (Å²) in [5, 5.41) is 8.67. The Labute approximate surface area is 106 Å². The first-order chi connectivity index (χ1) is 8.61. The molecule has 1 aliphatic carbocycles. The van der Waals surface area contributed by atoms with Crippen molar-refractivity contribution in [2.45, 2.75) is 25.7 Å². The molecule has 0 amide bonds. The molecule has 1 aromatic rings. The summed E-state index contributed by atoms with van der Waals surface area (Å²) < 4.78 is 5.13. The fourth-order valence-electron chi connectivity index (χ4n) is 2.40. The minimum absolute atomic E-state index is 0.0574. The van der Waals surface area contributed by atoms with Gasteiger partial charge in [0.25, 0.3) is 0 Å². The van der Waals surface area contributed by atoms with Gasteiger partial charge in [-0.25, -0.2) is 0 Å². The Morgan fingerprint density at radius 1 is 1.50 bits per heavy atom. The van der Waals surface area contributed by atoms with Crippen molar-refractivity contribution in [1.29, 1.82) is 0 Å². The molecule has 0 spiro atoms. The molecule has 0 aliphatic heterocycles. The van der Waals surface area contributed by atoms with Gasteiger partial charge in [0.05, 0.1) is 7.11 Å². The third-order valence-electron chi connectivity index (χ3n) is 3.42. The van der Waals surface area contributed by atoms with Gasteiger partial charge in [-0.05, 0) is 43.0 Å². The van der Waals surface area contributed by atoms with Crippen molar-refractivity contribution in [3.05, 3.63) is 29.3 Å². The van der Waals surface area contributed by atoms with Crippen LogP contribution < -0.4 is 4.74 Å². The molecule has 1 aliphatic rings. The van der Waals surface area contributed by atoms with Gasteiger partial charge in [0.15, 0.2) is 5.78 Å². The van der Waals surface area contributed by atoms with E-state index >= 15 is 0 Å². The lowest BCUT2D eigenvalue weighted by molar-refractivity contribution is -0.137. The van der Waals surface area contributed by atoms with Crippen LogP contribution in [0.2, 0.25) is 0 Å². The zero-order valence-corrected chi connectivity index (χ0v) is 10.3. The highest BCUT2D eigenvalue weighted by Gasteiger charge is 2.27. The molecule has 0 radical (unpaired) electrons. The first-order valence-electron chi connectivity index (χ1n) is 6.04.